The highest BCUT2D eigenvalue weighted by atomic mass is 32.2. The minimum Gasteiger partial charge on any atom is -0.427 e. The van der Waals surface area contributed by atoms with E-state index in [0.29, 0.717) is 11.7 Å². The van der Waals surface area contributed by atoms with Gasteiger partial charge in [0.15, 0.2) is 0 Å². The zero-order valence-electron chi connectivity index (χ0n) is 15.2. The predicted octanol–water partition coefficient (Wildman–Crippen LogP) is 4.41. The van der Waals surface area contributed by atoms with Gasteiger partial charge in [0.2, 0.25) is 0 Å². The molecule has 0 aliphatic carbocycles. The summed E-state index contributed by atoms with van der Waals surface area (Å²) in [6.45, 7) is 5.68. The number of carbonyl (C=O) groups excluding carboxylic acids is 1. The van der Waals surface area contributed by atoms with E-state index >= 15 is 0 Å². The molecule has 0 fully saturated rings. The van der Waals surface area contributed by atoms with Crippen LogP contribution in [-0.4, -0.2) is 38.1 Å². The summed E-state index contributed by atoms with van der Waals surface area (Å²) in [4.78, 5) is 18.2. The summed E-state index contributed by atoms with van der Waals surface area (Å²) in [5.74, 6) is 0.823. The molecule has 2 aromatic carbocycles. The van der Waals surface area contributed by atoms with Gasteiger partial charge in [-0.05, 0) is 50.3 Å². The van der Waals surface area contributed by atoms with Crippen LogP contribution in [0.1, 0.15) is 13.8 Å². The van der Waals surface area contributed by atoms with Gasteiger partial charge >= 0.3 is 5.97 Å². The molecule has 1 aliphatic rings. The predicted molar refractivity (Wildman–Crippen MR) is 103 cm³/mol. The molecule has 2 aromatic rings. The Morgan fingerprint density at radius 2 is 1.88 bits per heavy atom. The van der Waals surface area contributed by atoms with Gasteiger partial charge in [-0.3, -0.25) is 4.79 Å². The lowest BCUT2D eigenvalue weighted by Gasteiger charge is -2.35. The fraction of sp³-hybridized carbons (Fsp3) is 0.350. The summed E-state index contributed by atoms with van der Waals surface area (Å²) in [6, 6.07) is 14.4. The standard InChI is InChI=1S/C20H24N2O2S/c1-14(12-21(3)4)13-22-17-7-5-6-8-19(17)25-20-11-16(24-15(2)23)9-10-18(20)22/h5-11,14H,12-13H2,1-4H3. The first-order valence-corrected chi connectivity index (χ1v) is 9.27. The third-order valence-electron chi connectivity index (χ3n) is 4.03. The van der Waals surface area contributed by atoms with Crippen LogP contribution in [0.15, 0.2) is 52.3 Å². The summed E-state index contributed by atoms with van der Waals surface area (Å²) < 4.78 is 5.26. The zero-order chi connectivity index (χ0) is 18.0. The van der Waals surface area contributed by atoms with Crippen molar-refractivity contribution in [3.8, 4) is 5.75 Å². The normalized spacial score (nSPS) is 14.0. The topological polar surface area (TPSA) is 32.8 Å². The van der Waals surface area contributed by atoms with Crippen molar-refractivity contribution < 1.29 is 9.53 Å². The van der Waals surface area contributed by atoms with E-state index in [1.54, 1.807) is 11.8 Å². The van der Waals surface area contributed by atoms with E-state index in [9.17, 15) is 4.79 Å². The lowest BCUT2D eigenvalue weighted by molar-refractivity contribution is -0.131. The maximum atomic E-state index is 11.2. The van der Waals surface area contributed by atoms with Crippen LogP contribution >= 0.6 is 11.8 Å². The molecule has 3 rings (SSSR count). The maximum Gasteiger partial charge on any atom is 0.308 e. The van der Waals surface area contributed by atoms with Crippen molar-refractivity contribution >= 4 is 29.1 Å². The van der Waals surface area contributed by atoms with E-state index < -0.39 is 0 Å². The number of anilines is 2. The molecule has 5 heteroatoms. The highest BCUT2D eigenvalue weighted by Crippen LogP contribution is 2.49. The molecule has 0 saturated carbocycles. The van der Waals surface area contributed by atoms with Crippen molar-refractivity contribution in [1.29, 1.82) is 0 Å². The molecule has 0 amide bonds. The lowest BCUT2D eigenvalue weighted by atomic mass is 10.1. The smallest absolute Gasteiger partial charge is 0.308 e. The molecule has 4 nitrogen and oxygen atoms in total. The van der Waals surface area contributed by atoms with Crippen LogP contribution < -0.4 is 9.64 Å². The Labute approximate surface area is 153 Å². The zero-order valence-corrected chi connectivity index (χ0v) is 16.0. The number of hydrogen-bond donors (Lipinski definition) is 0. The first-order chi connectivity index (χ1) is 11.9. The number of ether oxygens (including phenoxy) is 1. The molecule has 1 unspecified atom stereocenters. The molecular formula is C20H24N2O2S. The monoisotopic (exact) mass is 356 g/mol. The second kappa shape index (κ2) is 7.50. The summed E-state index contributed by atoms with van der Waals surface area (Å²) in [5.41, 5.74) is 2.41. The van der Waals surface area contributed by atoms with Crippen molar-refractivity contribution in [3.05, 3.63) is 42.5 Å². The Balaban J connectivity index is 1.95. The SMILES string of the molecule is CC(=O)Oc1ccc2c(c1)Sc1ccccc1N2CC(C)CN(C)C. The largest absolute Gasteiger partial charge is 0.427 e. The number of para-hydroxylation sites is 1. The average molecular weight is 356 g/mol. The fourth-order valence-electron chi connectivity index (χ4n) is 3.23. The first kappa shape index (κ1) is 17.8. The van der Waals surface area contributed by atoms with Crippen LogP contribution in [0, 0.1) is 5.92 Å². The van der Waals surface area contributed by atoms with Gasteiger partial charge in [0, 0.05) is 29.8 Å². The third kappa shape index (κ3) is 4.17. The number of nitrogens with zero attached hydrogens (tertiary/aromatic N) is 2. The molecule has 1 atom stereocenters. The molecule has 0 spiro atoms. The molecule has 0 aromatic heterocycles. The van der Waals surface area contributed by atoms with Gasteiger partial charge in [-0.15, -0.1) is 0 Å². The van der Waals surface area contributed by atoms with Crippen LogP contribution in [0.4, 0.5) is 11.4 Å². The molecule has 0 radical (unpaired) electrons. The van der Waals surface area contributed by atoms with E-state index in [1.807, 2.05) is 12.1 Å². The molecule has 1 aliphatic heterocycles. The minimum absolute atomic E-state index is 0.294. The highest BCUT2D eigenvalue weighted by Gasteiger charge is 2.25. The van der Waals surface area contributed by atoms with Crippen LogP contribution in [0.25, 0.3) is 0 Å². The molecule has 0 N–H and O–H groups in total. The molecule has 0 saturated heterocycles. The highest BCUT2D eigenvalue weighted by molar-refractivity contribution is 7.99. The number of esters is 1. The average Bonchev–Trinajstić information content (AvgIpc) is 2.53. The first-order valence-electron chi connectivity index (χ1n) is 8.45. The van der Waals surface area contributed by atoms with Gasteiger partial charge in [-0.2, -0.15) is 0 Å². The Bertz CT molecular complexity index is 776. The number of rotatable bonds is 5. The summed E-state index contributed by atoms with van der Waals surface area (Å²) in [5, 5.41) is 0. The Hall–Kier alpha value is -1.98. The number of carbonyl (C=O) groups is 1. The Kier molecular flexibility index (Phi) is 5.35. The summed E-state index contributed by atoms with van der Waals surface area (Å²) >= 11 is 1.73. The van der Waals surface area contributed by atoms with Crippen LogP contribution in [-0.2, 0) is 4.79 Å². The van der Waals surface area contributed by atoms with Gasteiger partial charge in [-0.1, -0.05) is 30.8 Å². The maximum absolute atomic E-state index is 11.2. The van der Waals surface area contributed by atoms with Gasteiger partial charge in [0.25, 0.3) is 0 Å². The quantitative estimate of drug-likeness (QED) is 0.585. The second-order valence-corrected chi connectivity index (χ2v) is 7.85. The number of benzene rings is 2. The van der Waals surface area contributed by atoms with E-state index in [2.05, 4.69) is 61.2 Å². The van der Waals surface area contributed by atoms with Crippen LogP contribution in [0.2, 0.25) is 0 Å². The summed E-state index contributed by atoms with van der Waals surface area (Å²) in [7, 11) is 4.21. The van der Waals surface area contributed by atoms with Crippen LogP contribution in [0.3, 0.4) is 0 Å². The minimum atomic E-state index is -0.294. The lowest BCUT2D eigenvalue weighted by Crippen LogP contribution is -2.31. The van der Waals surface area contributed by atoms with E-state index in [-0.39, 0.29) is 5.97 Å². The molecular weight excluding hydrogens is 332 g/mol. The number of hydrogen-bond acceptors (Lipinski definition) is 5. The van der Waals surface area contributed by atoms with E-state index in [1.165, 1.54) is 23.2 Å². The van der Waals surface area contributed by atoms with Crippen molar-refractivity contribution in [1.82, 2.24) is 4.90 Å². The molecule has 25 heavy (non-hydrogen) atoms. The van der Waals surface area contributed by atoms with Crippen molar-refractivity contribution in [2.45, 2.75) is 23.6 Å². The van der Waals surface area contributed by atoms with Crippen molar-refractivity contribution in [3.63, 3.8) is 0 Å². The van der Waals surface area contributed by atoms with Gasteiger partial charge in [0.05, 0.1) is 11.4 Å². The van der Waals surface area contributed by atoms with E-state index in [4.69, 9.17) is 4.74 Å². The van der Waals surface area contributed by atoms with Crippen molar-refractivity contribution in [2.24, 2.45) is 5.92 Å². The Morgan fingerprint density at radius 1 is 1.16 bits per heavy atom. The molecule has 0 bridgehead atoms. The fourth-order valence-corrected chi connectivity index (χ4v) is 4.36. The molecule has 1 heterocycles. The third-order valence-corrected chi connectivity index (χ3v) is 5.14. The second-order valence-electron chi connectivity index (χ2n) is 6.77. The van der Waals surface area contributed by atoms with E-state index in [0.717, 1.165) is 18.0 Å². The molecule has 132 valence electrons. The Morgan fingerprint density at radius 3 is 2.60 bits per heavy atom. The van der Waals surface area contributed by atoms with Gasteiger partial charge in [-0.25, -0.2) is 0 Å². The van der Waals surface area contributed by atoms with Crippen molar-refractivity contribution in [2.75, 3.05) is 32.1 Å². The number of fused-ring (bicyclic) bond motifs is 2. The summed E-state index contributed by atoms with van der Waals surface area (Å²) in [6.07, 6.45) is 0. The van der Waals surface area contributed by atoms with Gasteiger partial charge in [0.1, 0.15) is 5.75 Å². The van der Waals surface area contributed by atoms with Gasteiger partial charge < -0.3 is 14.5 Å². The van der Waals surface area contributed by atoms with Crippen LogP contribution in [0.5, 0.6) is 5.75 Å².